The predicted octanol–water partition coefficient (Wildman–Crippen LogP) is 2.95. The van der Waals surface area contributed by atoms with E-state index in [1.54, 1.807) is 0 Å². The minimum absolute atomic E-state index is 0.103. The van der Waals surface area contributed by atoms with Crippen LogP contribution in [0.2, 0.25) is 0 Å². The number of allylic oxidation sites excluding steroid dienone is 1. The van der Waals surface area contributed by atoms with Gasteiger partial charge in [0.05, 0.1) is 30.8 Å². The quantitative estimate of drug-likeness (QED) is 0.466. The lowest BCUT2D eigenvalue weighted by atomic mass is 9.94. The van der Waals surface area contributed by atoms with Crippen molar-refractivity contribution in [1.82, 2.24) is 15.1 Å². The summed E-state index contributed by atoms with van der Waals surface area (Å²) in [4.78, 5) is 45.5. The van der Waals surface area contributed by atoms with Gasteiger partial charge in [0, 0.05) is 31.8 Å². The van der Waals surface area contributed by atoms with Crippen LogP contribution in [0.25, 0.3) is 0 Å². The third-order valence-corrected chi connectivity index (χ3v) is 6.85. The van der Waals surface area contributed by atoms with Crippen molar-refractivity contribution >= 4 is 34.7 Å². The molecule has 4 rings (SSSR count). The highest BCUT2D eigenvalue weighted by Crippen LogP contribution is 2.44. The van der Waals surface area contributed by atoms with Crippen molar-refractivity contribution in [2.45, 2.75) is 38.6 Å². The van der Waals surface area contributed by atoms with Gasteiger partial charge in [-0.15, -0.1) is 0 Å². The number of thioether (sulfide) groups is 1. The van der Waals surface area contributed by atoms with E-state index in [2.05, 4.69) is 10.3 Å². The lowest BCUT2D eigenvalue weighted by Crippen LogP contribution is -2.38. The van der Waals surface area contributed by atoms with Crippen LogP contribution in [-0.2, 0) is 19.1 Å². The highest BCUT2D eigenvalue weighted by molar-refractivity contribution is 8.16. The maximum atomic E-state index is 12.7. The number of carbonyl (C=O) groups is 3. The number of hydrogen-bond acceptors (Lipinski definition) is 7. The number of amides is 2. The number of aliphatic imine (C=N–C) groups is 1. The average Bonchev–Trinajstić information content (AvgIpc) is 3.41. The van der Waals surface area contributed by atoms with Gasteiger partial charge in [0.2, 0.25) is 11.8 Å². The van der Waals surface area contributed by atoms with Crippen molar-refractivity contribution < 1.29 is 19.1 Å². The molecule has 1 unspecified atom stereocenters. The Labute approximate surface area is 197 Å². The number of ether oxygens (including phenoxy) is 1. The van der Waals surface area contributed by atoms with Gasteiger partial charge >= 0.3 is 5.97 Å². The number of amidine groups is 1. The van der Waals surface area contributed by atoms with Crippen molar-refractivity contribution in [1.29, 1.82) is 0 Å². The Hall–Kier alpha value is -3.07. The number of carbonyl (C=O) groups excluding carboxylic acids is 3. The summed E-state index contributed by atoms with van der Waals surface area (Å²) in [6, 6.07) is 9.29. The second-order valence-corrected chi connectivity index (χ2v) is 9.00. The minimum atomic E-state index is -0.429. The molecule has 0 radical (unpaired) electrons. The van der Waals surface area contributed by atoms with Crippen LogP contribution in [0.4, 0.5) is 0 Å². The molecule has 3 heterocycles. The van der Waals surface area contributed by atoms with Gasteiger partial charge in [0.25, 0.3) is 0 Å². The van der Waals surface area contributed by atoms with Gasteiger partial charge < -0.3 is 19.9 Å². The maximum Gasteiger partial charge on any atom is 0.338 e. The van der Waals surface area contributed by atoms with Crippen LogP contribution in [0, 0.1) is 0 Å². The number of methoxy groups -OCH3 is 1. The largest absolute Gasteiger partial charge is 0.466 e. The van der Waals surface area contributed by atoms with Gasteiger partial charge in [-0.2, -0.15) is 0 Å². The first-order chi connectivity index (χ1) is 16.0. The monoisotopic (exact) mass is 468 g/mol. The third kappa shape index (κ3) is 4.98. The van der Waals surface area contributed by atoms with Crippen LogP contribution in [0.5, 0.6) is 0 Å². The lowest BCUT2D eigenvalue weighted by Gasteiger charge is -2.36. The molecule has 1 aromatic carbocycles. The molecule has 1 N–H and O–H groups in total. The van der Waals surface area contributed by atoms with Crippen LogP contribution in [0.15, 0.2) is 57.7 Å². The summed E-state index contributed by atoms with van der Waals surface area (Å²) in [6.45, 7) is 3.80. The molecule has 1 atom stereocenters. The number of esters is 1. The van der Waals surface area contributed by atoms with Crippen LogP contribution < -0.4 is 5.32 Å². The van der Waals surface area contributed by atoms with E-state index in [-0.39, 0.29) is 18.2 Å². The zero-order valence-electron chi connectivity index (χ0n) is 18.9. The summed E-state index contributed by atoms with van der Waals surface area (Å²) in [7, 11) is 1.36. The van der Waals surface area contributed by atoms with Crippen molar-refractivity contribution in [3.05, 3.63) is 58.3 Å². The Morgan fingerprint density at radius 2 is 2.06 bits per heavy atom. The van der Waals surface area contributed by atoms with Crippen LogP contribution in [0.1, 0.15) is 44.2 Å². The van der Waals surface area contributed by atoms with Crippen LogP contribution >= 0.6 is 11.8 Å². The SMILES string of the molecule is COC(=O)C1=C(C)N=C2SC=C(CC(=O)NCCCN3CCCC3=O)N2C1c1ccccc1. The molecule has 33 heavy (non-hydrogen) atoms. The molecule has 3 aliphatic rings. The number of nitrogens with zero attached hydrogens (tertiary/aromatic N) is 3. The van der Waals surface area contributed by atoms with E-state index in [9.17, 15) is 14.4 Å². The molecule has 9 heteroatoms. The first-order valence-corrected chi connectivity index (χ1v) is 12.0. The Balaban J connectivity index is 1.45. The molecule has 0 aromatic heterocycles. The molecule has 1 saturated heterocycles. The van der Waals surface area contributed by atoms with E-state index in [1.165, 1.54) is 18.9 Å². The van der Waals surface area contributed by atoms with E-state index in [1.807, 2.05) is 52.5 Å². The van der Waals surface area contributed by atoms with E-state index < -0.39 is 12.0 Å². The van der Waals surface area contributed by atoms with Gasteiger partial charge in [-0.3, -0.25) is 9.59 Å². The zero-order chi connectivity index (χ0) is 23.4. The third-order valence-electron chi connectivity index (χ3n) is 5.96. The highest BCUT2D eigenvalue weighted by Gasteiger charge is 2.40. The molecule has 1 aromatic rings. The van der Waals surface area contributed by atoms with Crippen molar-refractivity contribution in [3.63, 3.8) is 0 Å². The predicted molar refractivity (Wildman–Crippen MR) is 127 cm³/mol. The summed E-state index contributed by atoms with van der Waals surface area (Å²) < 4.78 is 5.07. The molecular weight excluding hydrogens is 440 g/mol. The summed E-state index contributed by atoms with van der Waals surface area (Å²) in [6.07, 6.45) is 2.44. The summed E-state index contributed by atoms with van der Waals surface area (Å²) in [5.41, 5.74) is 2.80. The van der Waals surface area contributed by atoms with Gasteiger partial charge in [0.15, 0.2) is 5.17 Å². The highest BCUT2D eigenvalue weighted by atomic mass is 32.2. The van der Waals surface area contributed by atoms with Gasteiger partial charge in [-0.1, -0.05) is 42.1 Å². The molecule has 2 amide bonds. The van der Waals surface area contributed by atoms with Gasteiger partial charge in [-0.05, 0) is 30.7 Å². The second-order valence-electron chi connectivity index (χ2n) is 8.16. The maximum absolute atomic E-state index is 12.7. The molecule has 0 spiro atoms. The first-order valence-electron chi connectivity index (χ1n) is 11.1. The van der Waals surface area contributed by atoms with Crippen molar-refractivity contribution in [3.8, 4) is 0 Å². The fourth-order valence-electron chi connectivity index (χ4n) is 4.36. The summed E-state index contributed by atoms with van der Waals surface area (Å²) >= 11 is 1.45. The second kappa shape index (κ2) is 10.2. The number of benzene rings is 1. The van der Waals surface area contributed by atoms with Gasteiger partial charge in [-0.25, -0.2) is 9.79 Å². The lowest BCUT2D eigenvalue weighted by molar-refractivity contribution is -0.136. The van der Waals surface area contributed by atoms with E-state index in [0.29, 0.717) is 30.8 Å². The Morgan fingerprint density at radius 3 is 2.76 bits per heavy atom. The van der Waals surface area contributed by atoms with E-state index >= 15 is 0 Å². The number of nitrogens with one attached hydrogen (secondary N) is 1. The molecule has 0 aliphatic carbocycles. The molecule has 0 bridgehead atoms. The average molecular weight is 469 g/mol. The minimum Gasteiger partial charge on any atom is -0.466 e. The van der Waals surface area contributed by atoms with Crippen LogP contribution in [-0.4, -0.2) is 59.5 Å². The molecule has 8 nitrogen and oxygen atoms in total. The fraction of sp³-hybridized carbons (Fsp3) is 0.417. The van der Waals surface area contributed by atoms with Crippen molar-refractivity contribution in [2.24, 2.45) is 4.99 Å². The number of likely N-dealkylation sites (tertiary alicyclic amines) is 1. The van der Waals surface area contributed by atoms with E-state index in [4.69, 9.17) is 4.74 Å². The van der Waals surface area contributed by atoms with E-state index in [0.717, 1.165) is 35.8 Å². The topological polar surface area (TPSA) is 91.3 Å². The number of rotatable bonds is 8. The smallest absolute Gasteiger partial charge is 0.338 e. The molecular formula is C24H28N4O4S. The molecule has 3 aliphatic heterocycles. The fourth-order valence-corrected chi connectivity index (χ4v) is 5.32. The van der Waals surface area contributed by atoms with Crippen molar-refractivity contribution in [2.75, 3.05) is 26.7 Å². The number of hydrogen-bond donors (Lipinski definition) is 1. The standard InChI is InChI=1S/C24H28N4O4S/c1-16-21(23(31)32-2)22(17-8-4-3-5-9-17)28-18(15-33-24(28)26-16)14-19(29)25-11-7-13-27-12-6-10-20(27)30/h3-5,8-9,15,22H,6-7,10-14H2,1-2H3,(H,25,29). The summed E-state index contributed by atoms with van der Waals surface area (Å²) in [5, 5.41) is 5.62. The molecule has 174 valence electrons. The normalized spacial score (nSPS) is 19.9. The first kappa shape index (κ1) is 23.1. The number of fused-ring (bicyclic) bond motifs is 1. The zero-order valence-corrected chi connectivity index (χ0v) is 19.7. The Morgan fingerprint density at radius 1 is 1.27 bits per heavy atom. The Kier molecular flexibility index (Phi) is 7.17. The summed E-state index contributed by atoms with van der Waals surface area (Å²) in [5.74, 6) is -0.335. The van der Waals surface area contributed by atoms with Gasteiger partial charge in [0.1, 0.15) is 0 Å². The molecule has 1 fully saturated rings. The molecule has 0 saturated carbocycles. The Bertz CT molecular complexity index is 1030. The van der Waals surface area contributed by atoms with Crippen LogP contribution in [0.3, 0.4) is 0 Å².